The van der Waals surface area contributed by atoms with Gasteiger partial charge in [-0.2, -0.15) is 0 Å². The van der Waals surface area contributed by atoms with Crippen LogP contribution in [0.1, 0.15) is 33.3 Å². The first-order chi connectivity index (χ1) is 7.58. The van der Waals surface area contributed by atoms with E-state index in [2.05, 4.69) is 62.3 Å². The van der Waals surface area contributed by atoms with Crippen molar-refractivity contribution in [2.24, 2.45) is 4.99 Å². The van der Waals surface area contributed by atoms with E-state index >= 15 is 0 Å². The number of hydrogen-bond acceptors (Lipinski definition) is 1. The second kappa shape index (κ2) is 6.31. The van der Waals surface area contributed by atoms with Gasteiger partial charge < -0.3 is 5.32 Å². The van der Waals surface area contributed by atoms with E-state index in [0.29, 0.717) is 12.1 Å². The van der Waals surface area contributed by atoms with Gasteiger partial charge in [0.2, 0.25) is 0 Å². The van der Waals surface area contributed by atoms with Gasteiger partial charge in [0.25, 0.3) is 0 Å². The van der Waals surface area contributed by atoms with Crippen molar-refractivity contribution in [1.29, 1.82) is 0 Å². The summed E-state index contributed by atoms with van der Waals surface area (Å²) >= 11 is 0. The molecule has 0 saturated heterocycles. The van der Waals surface area contributed by atoms with Gasteiger partial charge in [-0.3, -0.25) is 4.99 Å². The second-order valence-corrected chi connectivity index (χ2v) is 4.63. The molecule has 0 atom stereocenters. The first-order valence-electron chi connectivity index (χ1n) is 5.95. The van der Waals surface area contributed by atoms with Crippen molar-refractivity contribution in [3.05, 3.63) is 35.9 Å². The molecule has 0 saturated carbocycles. The standard InChI is InChI=1S/C14H22N2/c1-11(2)15-14(16-12(3)4)10-13-8-6-5-7-9-13/h5-9,11-12H,10H2,1-4H3,(H,15,16). The lowest BCUT2D eigenvalue weighted by Gasteiger charge is -2.14. The largest absolute Gasteiger partial charge is 0.371 e. The summed E-state index contributed by atoms with van der Waals surface area (Å²) in [6.45, 7) is 8.49. The van der Waals surface area contributed by atoms with Crippen molar-refractivity contribution >= 4 is 5.84 Å². The molecule has 0 spiro atoms. The van der Waals surface area contributed by atoms with Crippen LogP contribution >= 0.6 is 0 Å². The molecule has 0 radical (unpaired) electrons. The lowest BCUT2D eigenvalue weighted by atomic mass is 10.1. The molecular weight excluding hydrogens is 196 g/mol. The molecule has 0 aliphatic carbocycles. The molecule has 88 valence electrons. The topological polar surface area (TPSA) is 24.4 Å². The lowest BCUT2D eigenvalue weighted by molar-refractivity contribution is 0.709. The maximum absolute atomic E-state index is 4.62. The number of rotatable bonds is 4. The minimum atomic E-state index is 0.338. The lowest BCUT2D eigenvalue weighted by Crippen LogP contribution is -2.32. The van der Waals surface area contributed by atoms with Gasteiger partial charge in [0, 0.05) is 18.5 Å². The highest BCUT2D eigenvalue weighted by Gasteiger charge is 2.03. The predicted molar refractivity (Wildman–Crippen MR) is 71.0 cm³/mol. The first kappa shape index (κ1) is 12.8. The third kappa shape index (κ3) is 4.96. The smallest absolute Gasteiger partial charge is 0.101 e. The molecule has 0 bridgehead atoms. The first-order valence-corrected chi connectivity index (χ1v) is 5.95. The summed E-state index contributed by atoms with van der Waals surface area (Å²) in [4.78, 5) is 4.62. The SMILES string of the molecule is CC(C)N=C(Cc1ccccc1)NC(C)C. The van der Waals surface area contributed by atoms with Gasteiger partial charge in [-0.25, -0.2) is 0 Å². The summed E-state index contributed by atoms with van der Waals surface area (Å²) in [5, 5.41) is 3.41. The number of hydrogen-bond donors (Lipinski definition) is 1. The van der Waals surface area contributed by atoms with Crippen molar-refractivity contribution in [3.8, 4) is 0 Å². The Morgan fingerprint density at radius 2 is 1.75 bits per heavy atom. The van der Waals surface area contributed by atoms with Gasteiger partial charge in [-0.1, -0.05) is 30.3 Å². The van der Waals surface area contributed by atoms with Crippen LogP contribution < -0.4 is 5.32 Å². The molecule has 1 N–H and O–H groups in total. The number of amidine groups is 1. The van der Waals surface area contributed by atoms with Crippen LogP contribution in [-0.2, 0) is 6.42 Å². The molecular formula is C14H22N2. The van der Waals surface area contributed by atoms with Gasteiger partial charge in [0.05, 0.1) is 0 Å². The second-order valence-electron chi connectivity index (χ2n) is 4.63. The summed E-state index contributed by atoms with van der Waals surface area (Å²) < 4.78 is 0. The molecule has 0 aliphatic heterocycles. The normalized spacial score (nSPS) is 12.2. The van der Waals surface area contributed by atoms with Crippen molar-refractivity contribution in [2.75, 3.05) is 0 Å². The highest BCUT2D eigenvalue weighted by atomic mass is 15.0. The third-order valence-corrected chi connectivity index (χ3v) is 2.08. The average molecular weight is 218 g/mol. The monoisotopic (exact) mass is 218 g/mol. The van der Waals surface area contributed by atoms with Crippen LogP contribution in [0.3, 0.4) is 0 Å². The fraction of sp³-hybridized carbons (Fsp3) is 0.500. The Labute approximate surface area is 98.8 Å². The van der Waals surface area contributed by atoms with Gasteiger partial charge in [-0.15, -0.1) is 0 Å². The number of nitrogens with zero attached hydrogens (tertiary/aromatic N) is 1. The van der Waals surface area contributed by atoms with E-state index in [1.165, 1.54) is 5.56 Å². The summed E-state index contributed by atoms with van der Waals surface area (Å²) in [5.74, 6) is 1.08. The van der Waals surface area contributed by atoms with Crippen molar-refractivity contribution in [2.45, 2.75) is 46.2 Å². The molecule has 0 aromatic heterocycles. The Balaban J connectivity index is 2.71. The van der Waals surface area contributed by atoms with E-state index in [-0.39, 0.29) is 0 Å². The van der Waals surface area contributed by atoms with Crippen LogP contribution in [0.15, 0.2) is 35.3 Å². The van der Waals surface area contributed by atoms with Crippen LogP contribution in [0, 0.1) is 0 Å². The minimum absolute atomic E-state index is 0.338. The number of aliphatic imine (C=N–C) groups is 1. The van der Waals surface area contributed by atoms with E-state index in [0.717, 1.165) is 12.3 Å². The molecule has 1 aromatic rings. The summed E-state index contributed by atoms with van der Waals surface area (Å²) in [5.41, 5.74) is 1.30. The number of nitrogens with one attached hydrogen (secondary N) is 1. The van der Waals surface area contributed by atoms with Crippen LogP contribution in [0.25, 0.3) is 0 Å². The van der Waals surface area contributed by atoms with Crippen LogP contribution in [0.2, 0.25) is 0 Å². The van der Waals surface area contributed by atoms with Gasteiger partial charge >= 0.3 is 0 Å². The van der Waals surface area contributed by atoms with Crippen LogP contribution in [0.5, 0.6) is 0 Å². The fourth-order valence-electron chi connectivity index (χ4n) is 1.57. The van der Waals surface area contributed by atoms with E-state index in [1.54, 1.807) is 0 Å². The van der Waals surface area contributed by atoms with Crippen molar-refractivity contribution in [3.63, 3.8) is 0 Å². The maximum atomic E-state index is 4.62. The molecule has 0 aliphatic rings. The summed E-state index contributed by atoms with van der Waals surface area (Å²) in [7, 11) is 0. The van der Waals surface area contributed by atoms with Crippen LogP contribution in [0.4, 0.5) is 0 Å². The van der Waals surface area contributed by atoms with Gasteiger partial charge in [-0.05, 0) is 33.3 Å². The number of benzene rings is 1. The van der Waals surface area contributed by atoms with Gasteiger partial charge in [0.15, 0.2) is 0 Å². The molecule has 2 nitrogen and oxygen atoms in total. The minimum Gasteiger partial charge on any atom is -0.371 e. The van der Waals surface area contributed by atoms with E-state index in [1.807, 2.05) is 6.07 Å². The Bertz CT molecular complexity index is 326. The molecule has 0 fully saturated rings. The fourth-order valence-corrected chi connectivity index (χ4v) is 1.57. The summed E-state index contributed by atoms with van der Waals surface area (Å²) in [6, 6.07) is 11.2. The Hall–Kier alpha value is -1.31. The zero-order valence-corrected chi connectivity index (χ0v) is 10.7. The molecule has 0 unspecified atom stereocenters. The Morgan fingerprint density at radius 1 is 1.12 bits per heavy atom. The highest BCUT2D eigenvalue weighted by molar-refractivity contribution is 5.84. The Morgan fingerprint density at radius 3 is 2.25 bits per heavy atom. The van der Waals surface area contributed by atoms with Gasteiger partial charge in [0.1, 0.15) is 5.84 Å². The highest BCUT2D eigenvalue weighted by Crippen LogP contribution is 2.02. The van der Waals surface area contributed by atoms with E-state index in [4.69, 9.17) is 0 Å². The zero-order chi connectivity index (χ0) is 12.0. The molecule has 1 rings (SSSR count). The van der Waals surface area contributed by atoms with E-state index in [9.17, 15) is 0 Å². The Kier molecular flexibility index (Phi) is 5.03. The zero-order valence-electron chi connectivity index (χ0n) is 10.7. The third-order valence-electron chi connectivity index (χ3n) is 2.08. The van der Waals surface area contributed by atoms with Crippen LogP contribution in [-0.4, -0.2) is 17.9 Å². The van der Waals surface area contributed by atoms with Crippen molar-refractivity contribution in [1.82, 2.24) is 5.32 Å². The van der Waals surface area contributed by atoms with Crippen molar-refractivity contribution < 1.29 is 0 Å². The predicted octanol–water partition coefficient (Wildman–Crippen LogP) is 3.03. The summed E-state index contributed by atoms with van der Waals surface area (Å²) in [6.07, 6.45) is 0.886. The van der Waals surface area contributed by atoms with E-state index < -0.39 is 0 Å². The maximum Gasteiger partial charge on any atom is 0.101 e. The molecule has 0 heterocycles. The quantitative estimate of drug-likeness (QED) is 0.609. The molecule has 1 aromatic carbocycles. The molecule has 2 heteroatoms. The molecule has 16 heavy (non-hydrogen) atoms. The average Bonchev–Trinajstić information content (AvgIpc) is 2.16. The molecule has 0 amide bonds.